The van der Waals surface area contributed by atoms with Gasteiger partial charge in [-0.25, -0.2) is 8.42 Å². The molecule has 1 saturated carbocycles. The zero-order chi connectivity index (χ0) is 12.8. The van der Waals surface area contributed by atoms with E-state index in [1.165, 1.54) is 6.26 Å². The highest BCUT2D eigenvalue weighted by Crippen LogP contribution is 2.37. The number of benzene rings is 1. The largest absolute Gasteiger partial charge is 0.310 e. The summed E-state index contributed by atoms with van der Waals surface area (Å²) in [5, 5.41) is 8.00. The fourth-order valence-corrected chi connectivity index (χ4v) is 2.60. The van der Waals surface area contributed by atoms with E-state index in [9.17, 15) is 8.42 Å². The van der Waals surface area contributed by atoms with Gasteiger partial charge in [0.2, 0.25) is 0 Å². The van der Waals surface area contributed by atoms with Crippen LogP contribution in [-0.2, 0) is 9.84 Å². The minimum absolute atomic E-state index is 0.311. The topological polar surface area (TPSA) is 64.8 Å². The zero-order valence-corrected chi connectivity index (χ0v) is 10.8. The monoisotopic (exact) mass is 263 g/mol. The third-order valence-electron chi connectivity index (χ3n) is 3.03. The first-order valence-corrected chi connectivity index (χ1v) is 7.65. The van der Waals surface area contributed by atoms with Gasteiger partial charge in [0.1, 0.15) is 6.33 Å². The summed E-state index contributed by atoms with van der Waals surface area (Å²) >= 11 is 0. The van der Waals surface area contributed by atoms with Crippen molar-refractivity contribution >= 4 is 9.84 Å². The van der Waals surface area contributed by atoms with Crippen LogP contribution in [0.5, 0.6) is 0 Å². The standard InChI is InChI=1S/C12H13N3O2S/c1-18(16,17)11-4-2-3-9(7-11)12-14-13-8-15(12)10-5-6-10/h2-4,7-8,10H,5-6H2,1H3. The first-order valence-electron chi connectivity index (χ1n) is 5.76. The fourth-order valence-electron chi connectivity index (χ4n) is 1.94. The molecule has 0 N–H and O–H groups in total. The lowest BCUT2D eigenvalue weighted by Gasteiger charge is -2.06. The average molecular weight is 263 g/mol. The number of aromatic nitrogens is 3. The average Bonchev–Trinajstić information content (AvgIpc) is 3.06. The first kappa shape index (κ1) is 11.4. The van der Waals surface area contributed by atoms with Gasteiger partial charge in [0.25, 0.3) is 0 Å². The van der Waals surface area contributed by atoms with E-state index in [4.69, 9.17) is 0 Å². The van der Waals surface area contributed by atoms with Crippen molar-refractivity contribution in [1.29, 1.82) is 0 Å². The molecule has 3 rings (SSSR count). The molecule has 0 amide bonds. The van der Waals surface area contributed by atoms with Crippen molar-refractivity contribution in [3.05, 3.63) is 30.6 Å². The second kappa shape index (κ2) is 3.91. The van der Waals surface area contributed by atoms with Gasteiger partial charge in [-0.1, -0.05) is 12.1 Å². The van der Waals surface area contributed by atoms with Gasteiger partial charge in [-0.15, -0.1) is 10.2 Å². The van der Waals surface area contributed by atoms with Crippen LogP contribution in [0.2, 0.25) is 0 Å². The van der Waals surface area contributed by atoms with Crippen LogP contribution < -0.4 is 0 Å². The molecule has 94 valence electrons. The minimum atomic E-state index is -3.19. The molecule has 6 heteroatoms. The highest BCUT2D eigenvalue weighted by molar-refractivity contribution is 7.90. The Bertz CT molecular complexity index is 687. The van der Waals surface area contributed by atoms with E-state index in [1.54, 1.807) is 24.5 Å². The van der Waals surface area contributed by atoms with Crippen molar-refractivity contribution in [3.8, 4) is 11.4 Å². The van der Waals surface area contributed by atoms with Crippen LogP contribution in [-0.4, -0.2) is 29.4 Å². The summed E-state index contributed by atoms with van der Waals surface area (Å²) in [6.45, 7) is 0. The summed E-state index contributed by atoms with van der Waals surface area (Å²) < 4.78 is 25.1. The van der Waals surface area contributed by atoms with Gasteiger partial charge in [0, 0.05) is 17.9 Å². The van der Waals surface area contributed by atoms with Crippen molar-refractivity contribution < 1.29 is 8.42 Å². The Morgan fingerprint density at radius 2 is 2.11 bits per heavy atom. The highest BCUT2D eigenvalue weighted by Gasteiger charge is 2.26. The summed E-state index contributed by atoms with van der Waals surface area (Å²) in [7, 11) is -3.19. The van der Waals surface area contributed by atoms with Gasteiger partial charge in [-0.2, -0.15) is 0 Å². The summed E-state index contributed by atoms with van der Waals surface area (Å²) in [6, 6.07) is 7.31. The number of hydrogen-bond donors (Lipinski definition) is 0. The van der Waals surface area contributed by atoms with E-state index in [0.717, 1.165) is 24.2 Å². The Morgan fingerprint density at radius 3 is 2.78 bits per heavy atom. The number of nitrogens with zero attached hydrogens (tertiary/aromatic N) is 3. The first-order chi connectivity index (χ1) is 8.55. The number of rotatable bonds is 3. The van der Waals surface area contributed by atoms with E-state index in [-0.39, 0.29) is 0 Å². The quantitative estimate of drug-likeness (QED) is 0.845. The normalized spacial score (nSPS) is 15.8. The molecule has 5 nitrogen and oxygen atoms in total. The van der Waals surface area contributed by atoms with Gasteiger partial charge in [-0.05, 0) is 25.0 Å². The molecule has 1 aromatic carbocycles. The second-order valence-corrected chi connectivity index (χ2v) is 6.61. The predicted octanol–water partition coefficient (Wildman–Crippen LogP) is 1.68. The summed E-state index contributed by atoms with van der Waals surface area (Å²) in [5.41, 5.74) is 0.794. The fraction of sp³-hybridized carbons (Fsp3) is 0.333. The van der Waals surface area contributed by atoms with Gasteiger partial charge in [-0.3, -0.25) is 0 Å². The Hall–Kier alpha value is -1.69. The maximum Gasteiger partial charge on any atom is 0.175 e. The molecule has 1 aliphatic rings. The van der Waals surface area contributed by atoms with Crippen LogP contribution in [0, 0.1) is 0 Å². The van der Waals surface area contributed by atoms with Crippen molar-refractivity contribution in [2.45, 2.75) is 23.8 Å². The predicted molar refractivity (Wildman–Crippen MR) is 66.8 cm³/mol. The molecular weight excluding hydrogens is 250 g/mol. The lowest BCUT2D eigenvalue weighted by Crippen LogP contribution is -1.99. The Morgan fingerprint density at radius 1 is 1.33 bits per heavy atom. The van der Waals surface area contributed by atoms with E-state index < -0.39 is 9.84 Å². The molecular formula is C12H13N3O2S. The molecule has 2 aromatic rings. The highest BCUT2D eigenvalue weighted by atomic mass is 32.2. The van der Waals surface area contributed by atoms with E-state index in [1.807, 2.05) is 10.6 Å². The lowest BCUT2D eigenvalue weighted by molar-refractivity contribution is 0.602. The van der Waals surface area contributed by atoms with Crippen LogP contribution in [0.15, 0.2) is 35.5 Å². The van der Waals surface area contributed by atoms with Crippen LogP contribution in [0.1, 0.15) is 18.9 Å². The smallest absolute Gasteiger partial charge is 0.175 e. The van der Waals surface area contributed by atoms with E-state index in [0.29, 0.717) is 10.9 Å². The third kappa shape index (κ3) is 2.03. The van der Waals surface area contributed by atoms with Crippen LogP contribution >= 0.6 is 0 Å². The van der Waals surface area contributed by atoms with E-state index >= 15 is 0 Å². The third-order valence-corrected chi connectivity index (χ3v) is 4.14. The van der Waals surface area contributed by atoms with Gasteiger partial charge in [0.05, 0.1) is 4.90 Å². The maximum atomic E-state index is 11.5. The number of hydrogen-bond acceptors (Lipinski definition) is 4. The van der Waals surface area contributed by atoms with Crippen molar-refractivity contribution in [3.63, 3.8) is 0 Å². The molecule has 0 radical (unpaired) electrons. The molecule has 0 atom stereocenters. The Balaban J connectivity index is 2.09. The van der Waals surface area contributed by atoms with E-state index in [2.05, 4.69) is 10.2 Å². The Labute approximate surface area is 105 Å². The summed E-state index contributed by atoms with van der Waals surface area (Å²) in [6.07, 6.45) is 5.19. The summed E-state index contributed by atoms with van der Waals surface area (Å²) in [5.74, 6) is 0.739. The number of sulfone groups is 1. The SMILES string of the molecule is CS(=O)(=O)c1cccc(-c2nncn2C2CC2)c1. The van der Waals surface area contributed by atoms with Gasteiger partial charge in [0.15, 0.2) is 15.7 Å². The minimum Gasteiger partial charge on any atom is -0.310 e. The Kier molecular flexibility index (Phi) is 2.48. The maximum absolute atomic E-state index is 11.5. The van der Waals surface area contributed by atoms with Crippen molar-refractivity contribution in [2.24, 2.45) is 0 Å². The second-order valence-electron chi connectivity index (χ2n) is 4.59. The molecule has 0 spiro atoms. The molecule has 0 aliphatic heterocycles. The van der Waals surface area contributed by atoms with Gasteiger partial charge < -0.3 is 4.57 Å². The molecule has 0 saturated heterocycles. The van der Waals surface area contributed by atoms with Crippen LogP contribution in [0.3, 0.4) is 0 Å². The van der Waals surface area contributed by atoms with Crippen LogP contribution in [0.25, 0.3) is 11.4 Å². The molecule has 1 aliphatic carbocycles. The lowest BCUT2D eigenvalue weighted by atomic mass is 10.2. The molecule has 1 fully saturated rings. The zero-order valence-electron chi connectivity index (χ0n) is 9.94. The summed E-state index contributed by atoms with van der Waals surface area (Å²) in [4.78, 5) is 0.311. The molecule has 0 bridgehead atoms. The van der Waals surface area contributed by atoms with Gasteiger partial charge >= 0.3 is 0 Å². The molecule has 0 unspecified atom stereocenters. The molecule has 1 aromatic heterocycles. The van der Waals surface area contributed by atoms with Crippen LogP contribution in [0.4, 0.5) is 0 Å². The van der Waals surface area contributed by atoms with Crippen molar-refractivity contribution in [1.82, 2.24) is 14.8 Å². The molecule has 18 heavy (non-hydrogen) atoms. The van der Waals surface area contributed by atoms with Crippen molar-refractivity contribution in [2.75, 3.05) is 6.26 Å². The molecule has 1 heterocycles.